The lowest BCUT2D eigenvalue weighted by Gasteiger charge is -2.46. The summed E-state index contributed by atoms with van der Waals surface area (Å²) in [5.74, 6) is -0.224. The first kappa shape index (κ1) is 23.1. The number of piperidine rings is 1. The van der Waals surface area contributed by atoms with Gasteiger partial charge in [0.2, 0.25) is 5.90 Å². The highest BCUT2D eigenvalue weighted by Gasteiger charge is 2.38. The molecule has 0 unspecified atom stereocenters. The van der Waals surface area contributed by atoms with Gasteiger partial charge >= 0.3 is 5.69 Å². The first-order valence-corrected chi connectivity index (χ1v) is 10.2. The van der Waals surface area contributed by atoms with E-state index in [0.29, 0.717) is 5.69 Å². The summed E-state index contributed by atoms with van der Waals surface area (Å²) in [5, 5.41) is 45.0. The zero-order valence-corrected chi connectivity index (χ0v) is 18.5. The number of hydrogen-bond acceptors (Lipinski definition) is 8. The number of nitrogens with one attached hydrogen (secondary N) is 3. The third-order valence-corrected chi connectivity index (χ3v) is 5.16. The Morgan fingerprint density at radius 1 is 1.28 bits per heavy atom. The van der Waals surface area contributed by atoms with Crippen LogP contribution in [0, 0.1) is 20.9 Å². The molecule has 1 aromatic carbocycles. The summed E-state index contributed by atoms with van der Waals surface area (Å²) in [4.78, 5) is 10.3. The van der Waals surface area contributed by atoms with Crippen LogP contribution >= 0.6 is 0 Å². The Bertz CT molecular complexity index is 1070. The number of aromatic nitrogens is 2. The van der Waals surface area contributed by atoms with Crippen LogP contribution in [0.5, 0.6) is 5.75 Å². The molecule has 32 heavy (non-hydrogen) atoms. The van der Waals surface area contributed by atoms with Gasteiger partial charge in [0, 0.05) is 41.6 Å². The van der Waals surface area contributed by atoms with Crippen LogP contribution in [0.2, 0.25) is 0 Å². The summed E-state index contributed by atoms with van der Waals surface area (Å²) in [6.07, 6.45) is 6.56. The van der Waals surface area contributed by atoms with E-state index in [1.807, 2.05) is 0 Å². The lowest BCUT2D eigenvalue weighted by Crippen LogP contribution is -2.59. The number of ether oxygens (including phenoxy) is 1. The first-order valence-electron chi connectivity index (χ1n) is 10.2. The molecule has 0 bridgehead atoms. The highest BCUT2D eigenvalue weighted by atomic mass is 16.6. The molecule has 0 radical (unpaired) electrons. The molecule has 3 rings (SSSR count). The molecule has 0 aliphatic carbocycles. The minimum absolute atomic E-state index is 0.000170. The first-order chi connectivity index (χ1) is 14.8. The van der Waals surface area contributed by atoms with Crippen molar-refractivity contribution in [2.45, 2.75) is 57.7 Å². The quantitative estimate of drug-likeness (QED) is 0.233. The van der Waals surface area contributed by atoms with Gasteiger partial charge < -0.3 is 20.6 Å². The van der Waals surface area contributed by atoms with Crippen LogP contribution < -0.4 is 5.32 Å². The third-order valence-electron chi connectivity index (χ3n) is 5.16. The second kappa shape index (κ2) is 8.54. The molecule has 10 nitrogen and oxygen atoms in total. The molecule has 0 spiro atoms. The molecule has 0 amide bonds. The van der Waals surface area contributed by atoms with E-state index in [4.69, 9.17) is 15.6 Å². The lowest BCUT2D eigenvalue weighted by atomic mass is 9.81. The zero-order chi connectivity index (χ0) is 23.7. The topological polar surface area (TPSA) is 150 Å². The molecule has 0 atom stereocenters. The fourth-order valence-electron chi connectivity index (χ4n) is 4.22. The number of nitro groups is 1. The van der Waals surface area contributed by atoms with Gasteiger partial charge in [-0.25, -0.2) is 4.68 Å². The molecule has 2 aromatic rings. The summed E-state index contributed by atoms with van der Waals surface area (Å²) in [7, 11) is 0. The fraction of sp³-hybridized carbons (Fsp3) is 0.409. The van der Waals surface area contributed by atoms with Crippen LogP contribution in [0.15, 0.2) is 42.7 Å². The maximum Gasteiger partial charge on any atom is 0.307 e. The number of aromatic hydroxyl groups is 1. The summed E-state index contributed by atoms with van der Waals surface area (Å²) in [6.45, 7) is 8.42. The SMILES string of the molecule is CC1(C)CC(OC(=N)/C=C\C(=N)c2ccc(-n3cc([N+](=O)[O-])cn3)cc2O)CC(C)(C)N1. The molecule has 4 N–H and O–H groups in total. The average molecular weight is 441 g/mol. The number of allylic oxidation sites excluding steroid dienone is 1. The largest absolute Gasteiger partial charge is 0.507 e. The predicted octanol–water partition coefficient (Wildman–Crippen LogP) is 3.71. The van der Waals surface area contributed by atoms with E-state index in [2.05, 4.69) is 38.1 Å². The lowest BCUT2D eigenvalue weighted by molar-refractivity contribution is -0.384. The molecule has 10 heteroatoms. The Hall–Kier alpha value is -3.53. The van der Waals surface area contributed by atoms with Crippen molar-refractivity contribution in [3.8, 4) is 11.4 Å². The van der Waals surface area contributed by atoms with E-state index in [1.165, 1.54) is 35.2 Å². The summed E-state index contributed by atoms with van der Waals surface area (Å²) in [6, 6.07) is 4.48. The van der Waals surface area contributed by atoms with Crippen LogP contribution in [0.3, 0.4) is 0 Å². The second-order valence-corrected chi connectivity index (χ2v) is 9.25. The smallest absolute Gasteiger partial charge is 0.307 e. The van der Waals surface area contributed by atoms with E-state index < -0.39 is 4.92 Å². The number of phenols is 1. The molecule has 2 heterocycles. The van der Waals surface area contributed by atoms with Gasteiger partial charge in [-0.1, -0.05) is 0 Å². The Balaban J connectivity index is 1.66. The van der Waals surface area contributed by atoms with Crippen molar-refractivity contribution in [3.05, 3.63) is 58.4 Å². The second-order valence-electron chi connectivity index (χ2n) is 9.25. The van der Waals surface area contributed by atoms with Gasteiger partial charge in [0.15, 0.2) is 0 Å². The molecular formula is C22H28N6O4. The Morgan fingerprint density at radius 3 is 2.50 bits per heavy atom. The predicted molar refractivity (Wildman–Crippen MR) is 121 cm³/mol. The highest BCUT2D eigenvalue weighted by Crippen LogP contribution is 2.30. The van der Waals surface area contributed by atoms with Crippen molar-refractivity contribution in [1.29, 1.82) is 10.8 Å². The highest BCUT2D eigenvalue weighted by molar-refractivity contribution is 6.10. The van der Waals surface area contributed by atoms with Gasteiger partial charge in [-0.15, -0.1) is 0 Å². The molecule has 1 aliphatic heterocycles. The normalized spacial score (nSPS) is 17.9. The number of nitrogens with zero attached hydrogens (tertiary/aromatic N) is 3. The molecule has 1 fully saturated rings. The maximum atomic E-state index is 10.8. The molecule has 0 saturated carbocycles. The Kier molecular flexibility index (Phi) is 6.18. The van der Waals surface area contributed by atoms with Gasteiger partial charge in [0.25, 0.3) is 0 Å². The fourth-order valence-corrected chi connectivity index (χ4v) is 4.22. The standard InChI is InChI=1S/C22H28N6O4/c1-21(2)10-16(11-22(3,4)26-21)32-20(24)8-7-18(23)17-6-5-14(9-19(17)29)27-13-15(12-25-27)28(30)31/h5-9,12-13,16,23-24,26,29H,10-11H2,1-4H3/b8-7-,23-18?,24-20?. The summed E-state index contributed by atoms with van der Waals surface area (Å²) in [5.41, 5.74) is 0.298. The Labute approximate surface area is 186 Å². The van der Waals surface area contributed by atoms with Crippen molar-refractivity contribution in [2.75, 3.05) is 0 Å². The Morgan fingerprint density at radius 2 is 1.94 bits per heavy atom. The molecule has 170 valence electrons. The molecule has 1 aliphatic rings. The van der Waals surface area contributed by atoms with E-state index in [-0.39, 0.29) is 45.8 Å². The van der Waals surface area contributed by atoms with E-state index in [0.717, 1.165) is 19.0 Å². The van der Waals surface area contributed by atoms with Crippen LogP contribution in [0.1, 0.15) is 46.1 Å². The number of rotatable bonds is 6. The van der Waals surface area contributed by atoms with Gasteiger partial charge in [-0.2, -0.15) is 5.10 Å². The van der Waals surface area contributed by atoms with Gasteiger partial charge in [0.05, 0.1) is 16.3 Å². The van der Waals surface area contributed by atoms with E-state index >= 15 is 0 Å². The van der Waals surface area contributed by atoms with Crippen LogP contribution in [-0.2, 0) is 4.74 Å². The average Bonchev–Trinajstić information content (AvgIpc) is 3.14. The molecule has 1 aromatic heterocycles. The van der Waals surface area contributed by atoms with Crippen LogP contribution in [0.25, 0.3) is 5.69 Å². The monoisotopic (exact) mass is 440 g/mol. The van der Waals surface area contributed by atoms with Gasteiger partial charge in [-0.05, 0) is 45.9 Å². The summed E-state index contributed by atoms with van der Waals surface area (Å²) >= 11 is 0. The zero-order valence-electron chi connectivity index (χ0n) is 18.5. The van der Waals surface area contributed by atoms with Crippen LogP contribution in [-0.4, -0.2) is 48.6 Å². The molecule has 1 saturated heterocycles. The number of phenolic OH excluding ortho intramolecular Hbond substituents is 1. The maximum absolute atomic E-state index is 10.8. The van der Waals surface area contributed by atoms with Gasteiger partial charge in [0.1, 0.15) is 24.2 Å². The van der Waals surface area contributed by atoms with Gasteiger partial charge in [-0.3, -0.25) is 15.5 Å². The minimum Gasteiger partial charge on any atom is -0.507 e. The van der Waals surface area contributed by atoms with Crippen molar-refractivity contribution in [3.63, 3.8) is 0 Å². The number of hydrogen-bond donors (Lipinski definition) is 4. The van der Waals surface area contributed by atoms with Crippen molar-refractivity contribution in [2.24, 2.45) is 0 Å². The van der Waals surface area contributed by atoms with E-state index in [1.54, 1.807) is 6.07 Å². The van der Waals surface area contributed by atoms with Crippen LogP contribution in [0.4, 0.5) is 5.69 Å². The van der Waals surface area contributed by atoms with Crippen molar-refractivity contribution in [1.82, 2.24) is 15.1 Å². The summed E-state index contributed by atoms with van der Waals surface area (Å²) < 4.78 is 7.08. The van der Waals surface area contributed by atoms with Crippen molar-refractivity contribution >= 4 is 17.3 Å². The van der Waals surface area contributed by atoms with Crippen molar-refractivity contribution < 1.29 is 14.8 Å². The van der Waals surface area contributed by atoms with E-state index in [9.17, 15) is 15.2 Å². The minimum atomic E-state index is -0.555. The third kappa shape index (κ3) is 5.58. The molecular weight excluding hydrogens is 412 g/mol. The number of benzene rings is 1.